The Labute approximate surface area is 193 Å². The minimum atomic E-state index is -1.56. The van der Waals surface area contributed by atoms with Gasteiger partial charge in [0.05, 0.1) is 24.9 Å². The van der Waals surface area contributed by atoms with Crippen molar-refractivity contribution in [1.29, 1.82) is 0 Å². The smallest absolute Gasteiger partial charge is 0.329 e. The van der Waals surface area contributed by atoms with E-state index in [1.165, 1.54) is 6.92 Å². The van der Waals surface area contributed by atoms with Crippen molar-refractivity contribution in [3.05, 3.63) is 52.7 Å². The lowest BCUT2D eigenvalue weighted by atomic mass is 9.67. The predicted octanol–water partition coefficient (Wildman–Crippen LogP) is 2.42. The molecule has 9 heteroatoms. The summed E-state index contributed by atoms with van der Waals surface area (Å²) < 4.78 is 11.3. The van der Waals surface area contributed by atoms with Crippen LogP contribution in [0.5, 0.6) is 0 Å². The SMILES string of the molecule is CCOC(=O)[C@H]1[C@H](C(=O)OCC)[C@]2(C(=O)N(C(C)=O)c3ccccc32)C2C(Br)=CC=CN21. The van der Waals surface area contributed by atoms with Gasteiger partial charge in [0.25, 0.3) is 0 Å². The number of esters is 2. The standard InChI is InChI=1S/C23H23BrN2O6/c1-4-31-20(28)17-18(21(29)32-5-2)25-12-8-10-15(24)19(25)23(17)14-9-6-7-11-16(14)26(13(3)27)22(23)30/h6-12,17-19H,4-5H2,1-3H3/t17-,18-,19?,23+/m1/s1. The number of allylic oxidation sites excluding steroid dienone is 2. The summed E-state index contributed by atoms with van der Waals surface area (Å²) in [6.07, 6.45) is 5.16. The van der Waals surface area contributed by atoms with Crippen molar-refractivity contribution < 1.29 is 28.7 Å². The number of hydrogen-bond donors (Lipinski definition) is 0. The molecule has 1 aromatic carbocycles. The largest absolute Gasteiger partial charge is 0.466 e. The zero-order chi connectivity index (χ0) is 23.2. The molecular formula is C23H23BrN2O6. The maximum absolute atomic E-state index is 14.1. The van der Waals surface area contributed by atoms with Crippen LogP contribution in [-0.2, 0) is 34.1 Å². The van der Waals surface area contributed by atoms with Crippen molar-refractivity contribution in [3.63, 3.8) is 0 Å². The molecule has 0 saturated carbocycles. The van der Waals surface area contributed by atoms with Crippen LogP contribution in [0.15, 0.2) is 47.1 Å². The van der Waals surface area contributed by atoms with Crippen LogP contribution in [0.1, 0.15) is 26.3 Å². The van der Waals surface area contributed by atoms with Crippen molar-refractivity contribution in [2.75, 3.05) is 18.1 Å². The van der Waals surface area contributed by atoms with E-state index in [4.69, 9.17) is 9.47 Å². The maximum Gasteiger partial charge on any atom is 0.329 e. The molecule has 4 atom stereocenters. The van der Waals surface area contributed by atoms with Gasteiger partial charge in [0.15, 0.2) is 0 Å². The molecule has 0 radical (unpaired) electrons. The predicted molar refractivity (Wildman–Crippen MR) is 119 cm³/mol. The van der Waals surface area contributed by atoms with Crippen LogP contribution in [0, 0.1) is 5.92 Å². The van der Waals surface area contributed by atoms with Gasteiger partial charge in [-0.1, -0.05) is 34.1 Å². The van der Waals surface area contributed by atoms with Gasteiger partial charge in [0.1, 0.15) is 17.4 Å². The molecule has 32 heavy (non-hydrogen) atoms. The quantitative estimate of drug-likeness (QED) is 0.583. The van der Waals surface area contributed by atoms with Gasteiger partial charge >= 0.3 is 11.9 Å². The molecule has 3 aliphatic heterocycles. The third-order valence-electron chi connectivity index (χ3n) is 6.16. The highest BCUT2D eigenvalue weighted by Gasteiger charge is 2.73. The molecule has 3 aliphatic rings. The number of nitrogens with zero attached hydrogens (tertiary/aromatic N) is 2. The Morgan fingerprint density at radius 1 is 1.09 bits per heavy atom. The second-order valence-electron chi connectivity index (χ2n) is 7.72. The van der Waals surface area contributed by atoms with Gasteiger partial charge in [-0.15, -0.1) is 0 Å². The van der Waals surface area contributed by atoms with Crippen LogP contribution in [0.3, 0.4) is 0 Å². The molecule has 0 N–H and O–H groups in total. The van der Waals surface area contributed by atoms with E-state index in [9.17, 15) is 19.2 Å². The number of benzene rings is 1. The van der Waals surface area contributed by atoms with Crippen LogP contribution in [-0.4, -0.2) is 54.0 Å². The number of halogens is 1. The second-order valence-corrected chi connectivity index (χ2v) is 8.63. The highest BCUT2D eigenvalue weighted by molar-refractivity contribution is 9.11. The van der Waals surface area contributed by atoms with Crippen LogP contribution >= 0.6 is 15.9 Å². The Hall–Kier alpha value is -2.94. The van der Waals surface area contributed by atoms with Crippen molar-refractivity contribution >= 4 is 45.4 Å². The van der Waals surface area contributed by atoms with Crippen molar-refractivity contribution in [2.24, 2.45) is 5.92 Å². The Bertz CT molecular complexity index is 1070. The summed E-state index contributed by atoms with van der Waals surface area (Å²) in [6.45, 7) is 4.82. The molecule has 1 unspecified atom stereocenters. The van der Waals surface area contributed by atoms with Crippen LogP contribution in [0.4, 0.5) is 5.69 Å². The highest BCUT2D eigenvalue weighted by Crippen LogP contribution is 2.59. The van der Waals surface area contributed by atoms with Gasteiger partial charge in [0, 0.05) is 17.6 Å². The first kappa shape index (κ1) is 22.3. The second kappa shape index (κ2) is 8.20. The monoisotopic (exact) mass is 502 g/mol. The fraction of sp³-hybridized carbons (Fsp3) is 0.391. The van der Waals surface area contributed by atoms with Gasteiger partial charge in [-0.25, -0.2) is 9.69 Å². The van der Waals surface area contributed by atoms with Gasteiger partial charge in [0.2, 0.25) is 11.8 Å². The van der Waals surface area contributed by atoms with Crippen molar-refractivity contribution in [1.82, 2.24) is 4.90 Å². The molecule has 1 aromatic rings. The molecule has 1 fully saturated rings. The molecule has 3 heterocycles. The molecule has 0 aromatic heterocycles. The number of ether oxygens (including phenoxy) is 2. The first-order chi connectivity index (χ1) is 15.3. The lowest BCUT2D eigenvalue weighted by molar-refractivity contribution is -0.160. The van der Waals surface area contributed by atoms with Crippen LogP contribution in [0.25, 0.3) is 0 Å². The van der Waals surface area contributed by atoms with Crippen molar-refractivity contribution in [2.45, 2.75) is 38.3 Å². The van der Waals surface area contributed by atoms with Gasteiger partial charge in [-0.2, -0.15) is 0 Å². The van der Waals surface area contributed by atoms with Crippen molar-refractivity contribution in [3.8, 4) is 0 Å². The van der Waals surface area contributed by atoms with E-state index in [1.807, 2.05) is 0 Å². The molecule has 0 aliphatic carbocycles. The van der Waals surface area contributed by atoms with E-state index < -0.39 is 47.2 Å². The third-order valence-corrected chi connectivity index (χ3v) is 6.86. The molecule has 8 nitrogen and oxygen atoms in total. The molecule has 168 valence electrons. The Morgan fingerprint density at radius 2 is 1.75 bits per heavy atom. The normalized spacial score (nSPS) is 27.8. The van der Waals surface area contributed by atoms with Gasteiger partial charge < -0.3 is 14.4 Å². The Balaban J connectivity index is 2.06. The minimum Gasteiger partial charge on any atom is -0.466 e. The number of amides is 2. The molecule has 1 saturated heterocycles. The van der Waals surface area contributed by atoms with Crippen LogP contribution in [0.2, 0.25) is 0 Å². The van der Waals surface area contributed by atoms with E-state index in [-0.39, 0.29) is 13.2 Å². The molecule has 4 rings (SSSR count). The number of carbonyl (C=O) groups is 4. The average Bonchev–Trinajstić information content (AvgIpc) is 3.20. The zero-order valence-corrected chi connectivity index (χ0v) is 19.5. The number of hydrogen-bond acceptors (Lipinski definition) is 7. The molecule has 2 amide bonds. The summed E-state index contributed by atoms with van der Waals surface area (Å²) in [7, 11) is 0. The van der Waals surface area contributed by atoms with Gasteiger partial charge in [-0.05, 0) is 37.6 Å². The summed E-state index contributed by atoms with van der Waals surface area (Å²) in [5, 5.41) is 0. The number of fused-ring (bicyclic) bond motifs is 4. The first-order valence-electron chi connectivity index (χ1n) is 10.4. The number of imide groups is 1. The summed E-state index contributed by atoms with van der Waals surface area (Å²) in [4.78, 5) is 56.0. The zero-order valence-electron chi connectivity index (χ0n) is 17.9. The van der Waals surface area contributed by atoms with E-state index >= 15 is 0 Å². The van der Waals surface area contributed by atoms with Crippen LogP contribution < -0.4 is 4.90 Å². The minimum absolute atomic E-state index is 0.0741. The Kier molecular flexibility index (Phi) is 5.70. The number of carbonyl (C=O) groups excluding carboxylic acids is 4. The average molecular weight is 503 g/mol. The lowest BCUT2D eigenvalue weighted by Crippen LogP contribution is -2.55. The molecule has 0 bridgehead atoms. The fourth-order valence-electron chi connectivity index (χ4n) is 5.19. The Morgan fingerprint density at radius 3 is 2.41 bits per heavy atom. The molecule has 1 spiro atoms. The third kappa shape index (κ3) is 2.87. The lowest BCUT2D eigenvalue weighted by Gasteiger charge is -2.36. The number of rotatable bonds is 4. The highest BCUT2D eigenvalue weighted by atomic mass is 79.9. The number of anilines is 1. The van der Waals surface area contributed by atoms with E-state index in [0.717, 1.165) is 4.90 Å². The summed E-state index contributed by atoms with van der Waals surface area (Å²) in [5.74, 6) is -3.59. The first-order valence-corrected chi connectivity index (χ1v) is 11.2. The fourth-order valence-corrected chi connectivity index (χ4v) is 5.94. The molecular weight excluding hydrogens is 480 g/mol. The summed E-state index contributed by atoms with van der Waals surface area (Å²) in [6, 6.07) is 5.02. The van der Waals surface area contributed by atoms with Gasteiger partial charge in [-0.3, -0.25) is 14.4 Å². The topological polar surface area (TPSA) is 93.2 Å². The summed E-state index contributed by atoms with van der Waals surface area (Å²) >= 11 is 3.56. The number of para-hydroxylation sites is 1. The summed E-state index contributed by atoms with van der Waals surface area (Å²) in [5.41, 5.74) is -0.661. The van der Waals surface area contributed by atoms with E-state index in [0.29, 0.717) is 15.7 Å². The maximum atomic E-state index is 14.1. The van der Waals surface area contributed by atoms with E-state index in [1.54, 1.807) is 61.4 Å². The van der Waals surface area contributed by atoms with E-state index in [2.05, 4.69) is 15.9 Å².